The fourth-order valence-electron chi connectivity index (χ4n) is 6.17. The average Bonchev–Trinajstić information content (AvgIpc) is 3.42. The van der Waals surface area contributed by atoms with Crippen LogP contribution in [0, 0.1) is 0 Å². The number of rotatable bonds is 11. The van der Waals surface area contributed by atoms with Crippen LogP contribution in [0.2, 0.25) is 5.02 Å². The summed E-state index contributed by atoms with van der Waals surface area (Å²) in [5, 5.41) is 5.44. The van der Waals surface area contributed by atoms with Crippen molar-refractivity contribution in [2.45, 2.75) is 44.8 Å². The van der Waals surface area contributed by atoms with E-state index in [4.69, 9.17) is 32.0 Å². The number of anilines is 1. The number of likely N-dealkylation sites (N-methyl/N-ethyl adjacent to an activating group) is 2. The van der Waals surface area contributed by atoms with E-state index in [1.165, 1.54) is 0 Å². The van der Waals surface area contributed by atoms with Gasteiger partial charge in [-0.3, -0.25) is 9.69 Å². The Morgan fingerprint density at radius 1 is 1.25 bits per heavy atom. The number of aromatic nitrogens is 2. The maximum absolute atomic E-state index is 13.4. The van der Waals surface area contributed by atoms with Gasteiger partial charge in [0.2, 0.25) is 0 Å². The summed E-state index contributed by atoms with van der Waals surface area (Å²) in [6.07, 6.45) is 4.39. The molecule has 0 radical (unpaired) electrons. The zero-order valence-corrected chi connectivity index (χ0v) is 26.4. The van der Waals surface area contributed by atoms with Crippen molar-refractivity contribution in [3.63, 3.8) is 0 Å². The highest BCUT2D eigenvalue weighted by atomic mass is 35.5. The zero-order valence-electron chi connectivity index (χ0n) is 25.7. The summed E-state index contributed by atoms with van der Waals surface area (Å²) in [7, 11) is 4.20. The molecule has 11 heteroatoms. The summed E-state index contributed by atoms with van der Waals surface area (Å²) >= 11 is 6.74. The highest BCUT2D eigenvalue weighted by Gasteiger charge is 2.32. The van der Waals surface area contributed by atoms with Gasteiger partial charge in [0.05, 0.1) is 5.69 Å². The Bertz CT molecular complexity index is 1560. The number of benzene rings is 2. The normalized spacial score (nSPS) is 19.2. The second-order valence-electron chi connectivity index (χ2n) is 11.8. The van der Waals surface area contributed by atoms with Gasteiger partial charge in [-0.2, -0.15) is 9.97 Å². The van der Waals surface area contributed by atoms with Crippen molar-refractivity contribution in [3.05, 3.63) is 82.4 Å². The lowest BCUT2D eigenvalue weighted by molar-refractivity contribution is -0.118. The van der Waals surface area contributed by atoms with Crippen molar-refractivity contribution >= 4 is 34.1 Å². The Balaban J connectivity index is 1.53. The van der Waals surface area contributed by atoms with Crippen LogP contribution in [0.5, 0.6) is 6.01 Å². The SMILES string of the molecule is C=C(F)C(=O)NCCN(C/C(C)=C\N)c1nc(OC[C@@H]2CCCN2C)nc2c1CN(C)C(c1cccc3cccc(Cl)c13)C2. The average molecular weight is 622 g/mol. The number of halogens is 2. The second kappa shape index (κ2) is 13.9. The molecule has 0 saturated carbocycles. The number of carbonyl (C=O) groups excluding carboxylic acids is 1. The third kappa shape index (κ3) is 6.98. The topological polar surface area (TPSA) is 99.8 Å². The molecule has 2 aliphatic rings. The van der Waals surface area contributed by atoms with E-state index < -0.39 is 11.7 Å². The minimum atomic E-state index is -1.03. The van der Waals surface area contributed by atoms with Crippen molar-refractivity contribution in [2.75, 3.05) is 51.8 Å². The summed E-state index contributed by atoms with van der Waals surface area (Å²) in [5.74, 6) is -1.15. The molecule has 5 rings (SSSR count). The number of hydrogen-bond donors (Lipinski definition) is 2. The van der Waals surface area contributed by atoms with Crippen molar-refractivity contribution < 1.29 is 13.9 Å². The number of hydrogen-bond acceptors (Lipinski definition) is 8. The van der Waals surface area contributed by atoms with E-state index in [-0.39, 0.29) is 12.6 Å². The molecular formula is C33H41ClFN7O2. The summed E-state index contributed by atoms with van der Waals surface area (Å²) < 4.78 is 19.7. The molecule has 0 aliphatic carbocycles. The highest BCUT2D eigenvalue weighted by molar-refractivity contribution is 6.35. The van der Waals surface area contributed by atoms with Gasteiger partial charge in [0.1, 0.15) is 12.4 Å². The number of amides is 1. The Morgan fingerprint density at radius 2 is 2.02 bits per heavy atom. The quantitative estimate of drug-likeness (QED) is 0.296. The predicted octanol–water partition coefficient (Wildman–Crippen LogP) is 4.75. The van der Waals surface area contributed by atoms with Crippen LogP contribution in [0.1, 0.15) is 42.6 Å². The molecule has 0 bridgehead atoms. The summed E-state index contributed by atoms with van der Waals surface area (Å²) in [6, 6.07) is 12.9. The molecule has 1 fully saturated rings. The van der Waals surface area contributed by atoms with Crippen LogP contribution in [0.15, 0.2) is 60.6 Å². The molecule has 2 aromatic carbocycles. The lowest BCUT2D eigenvalue weighted by atomic mass is 9.90. The molecule has 234 valence electrons. The zero-order chi connectivity index (χ0) is 31.4. The van der Waals surface area contributed by atoms with Gasteiger partial charge in [-0.15, -0.1) is 0 Å². The van der Waals surface area contributed by atoms with E-state index in [2.05, 4.69) is 60.1 Å². The van der Waals surface area contributed by atoms with Crippen LogP contribution in [0.25, 0.3) is 10.8 Å². The molecule has 1 amide bonds. The van der Waals surface area contributed by atoms with Gasteiger partial charge >= 0.3 is 6.01 Å². The molecule has 2 atom stereocenters. The van der Waals surface area contributed by atoms with Gasteiger partial charge in [-0.25, -0.2) is 4.39 Å². The largest absolute Gasteiger partial charge is 0.462 e. The number of carbonyl (C=O) groups is 1. The number of likely N-dealkylation sites (tertiary alicyclic amines) is 1. The molecular weight excluding hydrogens is 581 g/mol. The van der Waals surface area contributed by atoms with E-state index in [1.807, 2.05) is 24.0 Å². The van der Waals surface area contributed by atoms with Gasteiger partial charge in [0, 0.05) is 60.7 Å². The third-order valence-corrected chi connectivity index (χ3v) is 8.95. The summed E-state index contributed by atoms with van der Waals surface area (Å²) in [5.41, 5.74) is 9.81. The highest BCUT2D eigenvalue weighted by Crippen LogP contribution is 2.40. The second-order valence-corrected chi connectivity index (χ2v) is 12.2. The van der Waals surface area contributed by atoms with Gasteiger partial charge in [0.25, 0.3) is 5.91 Å². The number of nitrogens with zero attached hydrogens (tertiary/aromatic N) is 5. The molecule has 3 N–H and O–H groups in total. The first-order valence-corrected chi connectivity index (χ1v) is 15.4. The first-order chi connectivity index (χ1) is 21.2. The fraction of sp³-hybridized carbons (Fsp3) is 0.424. The minimum absolute atomic E-state index is 0.0247. The summed E-state index contributed by atoms with van der Waals surface area (Å²) in [4.78, 5) is 28.4. The van der Waals surface area contributed by atoms with Crippen LogP contribution >= 0.6 is 11.6 Å². The van der Waals surface area contributed by atoms with E-state index in [9.17, 15) is 9.18 Å². The maximum Gasteiger partial charge on any atom is 0.318 e. The fourth-order valence-corrected chi connectivity index (χ4v) is 6.46. The Labute approximate surface area is 263 Å². The maximum atomic E-state index is 13.4. The molecule has 1 saturated heterocycles. The van der Waals surface area contributed by atoms with Crippen LogP contribution in [0.4, 0.5) is 10.2 Å². The van der Waals surface area contributed by atoms with Gasteiger partial charge in [-0.05, 0) is 69.2 Å². The van der Waals surface area contributed by atoms with E-state index >= 15 is 0 Å². The molecule has 2 aliphatic heterocycles. The van der Waals surface area contributed by atoms with Gasteiger partial charge in [0.15, 0.2) is 5.83 Å². The minimum Gasteiger partial charge on any atom is -0.462 e. The van der Waals surface area contributed by atoms with E-state index in [0.717, 1.165) is 57.6 Å². The van der Waals surface area contributed by atoms with Crippen molar-refractivity contribution in [1.82, 2.24) is 25.1 Å². The number of fused-ring (bicyclic) bond motifs is 2. The van der Waals surface area contributed by atoms with Crippen LogP contribution in [-0.4, -0.2) is 78.6 Å². The van der Waals surface area contributed by atoms with Gasteiger partial charge in [-0.1, -0.05) is 48.5 Å². The molecule has 3 aromatic rings. The smallest absolute Gasteiger partial charge is 0.318 e. The first-order valence-electron chi connectivity index (χ1n) is 15.0. The molecule has 0 spiro atoms. The number of nitrogens with two attached hydrogens (primary N) is 1. The Hall–Kier alpha value is -3.73. The molecule has 9 nitrogen and oxygen atoms in total. The number of nitrogens with one attached hydrogen (secondary N) is 1. The third-order valence-electron chi connectivity index (χ3n) is 8.64. The summed E-state index contributed by atoms with van der Waals surface area (Å²) in [6.45, 7) is 8.16. The lowest BCUT2D eigenvalue weighted by Crippen LogP contribution is -2.39. The van der Waals surface area contributed by atoms with E-state index in [1.54, 1.807) is 6.20 Å². The monoisotopic (exact) mass is 621 g/mol. The molecule has 1 unspecified atom stereocenters. The standard InChI is InChI=1S/C33H41ClFN7O2/c1-21(17-36)18-42(15-13-37-32(43)22(2)35)31-26-19-41(4)29(25-11-5-8-23-9-6-12-27(34)30(23)25)16-28(26)38-33(39-31)44-20-24-10-7-14-40(24)3/h5-6,8-9,11-12,17,24,29H,2,7,10,13-16,18-20,36H2,1,3-4H3,(H,37,43)/b21-17-/t24-,29?/m0/s1. The van der Waals surface area contributed by atoms with Crippen LogP contribution in [-0.2, 0) is 17.8 Å². The van der Waals surface area contributed by atoms with Crippen molar-refractivity contribution in [1.29, 1.82) is 0 Å². The first kappa shape index (κ1) is 31.7. The lowest BCUT2D eigenvalue weighted by Gasteiger charge is -2.37. The predicted molar refractivity (Wildman–Crippen MR) is 173 cm³/mol. The molecule has 3 heterocycles. The van der Waals surface area contributed by atoms with E-state index in [0.29, 0.717) is 50.5 Å². The van der Waals surface area contributed by atoms with Crippen LogP contribution < -0.4 is 20.7 Å². The Kier molecular flexibility index (Phi) is 10.0. The molecule has 44 heavy (non-hydrogen) atoms. The van der Waals surface area contributed by atoms with Crippen LogP contribution in [0.3, 0.4) is 0 Å². The van der Waals surface area contributed by atoms with Crippen molar-refractivity contribution in [3.8, 4) is 6.01 Å². The number of ether oxygens (including phenoxy) is 1. The molecule has 1 aromatic heterocycles. The Morgan fingerprint density at radius 3 is 2.73 bits per heavy atom. The van der Waals surface area contributed by atoms with Crippen molar-refractivity contribution in [2.24, 2.45) is 5.73 Å². The van der Waals surface area contributed by atoms with Gasteiger partial charge < -0.3 is 25.6 Å².